The Morgan fingerprint density at radius 1 is 1.10 bits per heavy atom. The topological polar surface area (TPSA) is 41.1 Å². The van der Waals surface area contributed by atoms with E-state index in [4.69, 9.17) is 0 Å². The van der Waals surface area contributed by atoms with Crippen molar-refractivity contribution in [1.82, 2.24) is 10.6 Å². The van der Waals surface area contributed by atoms with E-state index in [0.29, 0.717) is 18.9 Å². The largest absolute Gasteiger partial charge is 0.355 e. The van der Waals surface area contributed by atoms with Crippen molar-refractivity contribution in [1.29, 1.82) is 0 Å². The van der Waals surface area contributed by atoms with E-state index in [1.165, 1.54) is 11.1 Å². The number of rotatable bonds is 9. The molecule has 3 nitrogen and oxygen atoms in total. The number of hydrogen-bond donors (Lipinski definition) is 2. The number of nitrogens with one attached hydrogen (secondary N) is 2. The van der Waals surface area contributed by atoms with Crippen LogP contribution in [0.3, 0.4) is 0 Å². The van der Waals surface area contributed by atoms with E-state index >= 15 is 0 Å². The molecule has 0 radical (unpaired) electrons. The Bertz CT molecular complexity index is 386. The number of carbonyl (C=O) groups excluding carboxylic acids is 1. The van der Waals surface area contributed by atoms with E-state index < -0.39 is 0 Å². The molecule has 1 aromatic carbocycles. The number of benzene rings is 1. The first kappa shape index (κ1) is 16.7. The van der Waals surface area contributed by atoms with Crippen LogP contribution < -0.4 is 10.6 Å². The van der Waals surface area contributed by atoms with Crippen molar-refractivity contribution < 1.29 is 4.79 Å². The van der Waals surface area contributed by atoms with E-state index in [9.17, 15) is 4.79 Å². The normalized spacial score (nSPS) is 12.2. The summed E-state index contributed by atoms with van der Waals surface area (Å²) < 4.78 is 0. The molecule has 0 aliphatic heterocycles. The summed E-state index contributed by atoms with van der Waals surface area (Å²) in [6.45, 7) is 8.93. The van der Waals surface area contributed by atoms with Gasteiger partial charge < -0.3 is 10.6 Å². The average molecular weight is 276 g/mol. The van der Waals surface area contributed by atoms with Gasteiger partial charge in [-0.15, -0.1) is 0 Å². The quantitative estimate of drug-likeness (QED) is 0.681. The fourth-order valence-corrected chi connectivity index (χ4v) is 2.22. The van der Waals surface area contributed by atoms with Crippen molar-refractivity contribution >= 4 is 5.91 Å². The zero-order valence-corrected chi connectivity index (χ0v) is 13.0. The van der Waals surface area contributed by atoms with Gasteiger partial charge in [0, 0.05) is 19.5 Å². The molecular weight excluding hydrogens is 248 g/mol. The fourth-order valence-electron chi connectivity index (χ4n) is 2.22. The molecule has 0 spiro atoms. The Kier molecular flexibility index (Phi) is 7.97. The first-order valence-electron chi connectivity index (χ1n) is 7.71. The molecule has 1 atom stereocenters. The van der Waals surface area contributed by atoms with Crippen molar-refractivity contribution in [2.75, 3.05) is 19.6 Å². The molecule has 20 heavy (non-hydrogen) atoms. The monoisotopic (exact) mass is 276 g/mol. The molecule has 1 amide bonds. The lowest BCUT2D eigenvalue weighted by Crippen LogP contribution is -2.32. The first-order chi connectivity index (χ1) is 9.67. The minimum Gasteiger partial charge on any atom is -0.355 e. The predicted octanol–water partition coefficient (Wildman–Crippen LogP) is 2.99. The summed E-state index contributed by atoms with van der Waals surface area (Å²) in [6.07, 6.45) is 2.69. The molecule has 1 aromatic rings. The summed E-state index contributed by atoms with van der Waals surface area (Å²) in [7, 11) is 0. The number of amides is 1. The molecular formula is C17H28N2O. The molecule has 0 aromatic heterocycles. The molecule has 0 fully saturated rings. The van der Waals surface area contributed by atoms with Crippen LogP contribution in [0.2, 0.25) is 0 Å². The van der Waals surface area contributed by atoms with Crippen LogP contribution in [-0.2, 0) is 4.79 Å². The van der Waals surface area contributed by atoms with Crippen LogP contribution in [0.4, 0.5) is 0 Å². The van der Waals surface area contributed by atoms with Gasteiger partial charge in [0.1, 0.15) is 0 Å². The van der Waals surface area contributed by atoms with Gasteiger partial charge in [0.15, 0.2) is 0 Å². The lowest BCUT2D eigenvalue weighted by Gasteiger charge is -2.15. The Morgan fingerprint density at radius 2 is 1.80 bits per heavy atom. The molecule has 0 aliphatic rings. The summed E-state index contributed by atoms with van der Waals surface area (Å²) >= 11 is 0. The van der Waals surface area contributed by atoms with Crippen molar-refractivity contribution in [2.24, 2.45) is 0 Å². The van der Waals surface area contributed by atoms with Gasteiger partial charge in [-0.25, -0.2) is 0 Å². The van der Waals surface area contributed by atoms with Crippen molar-refractivity contribution in [3.05, 3.63) is 35.4 Å². The fraction of sp³-hybridized carbons (Fsp3) is 0.588. The van der Waals surface area contributed by atoms with Crippen LogP contribution in [-0.4, -0.2) is 25.5 Å². The summed E-state index contributed by atoms with van der Waals surface area (Å²) in [5.41, 5.74) is 2.52. The highest BCUT2D eigenvalue weighted by Gasteiger charge is 2.13. The summed E-state index contributed by atoms with van der Waals surface area (Å²) in [5.74, 6) is 0.468. The van der Waals surface area contributed by atoms with Gasteiger partial charge in [-0.1, -0.05) is 43.7 Å². The van der Waals surface area contributed by atoms with E-state index in [-0.39, 0.29) is 5.91 Å². The molecule has 1 rings (SSSR count). The number of carbonyl (C=O) groups is 1. The molecule has 0 aliphatic carbocycles. The molecule has 0 heterocycles. The molecule has 1 unspecified atom stereocenters. The number of hydrogen-bond acceptors (Lipinski definition) is 2. The Labute approximate surface area is 123 Å². The maximum Gasteiger partial charge on any atom is 0.220 e. The van der Waals surface area contributed by atoms with Crippen LogP contribution in [0.15, 0.2) is 24.3 Å². The minimum absolute atomic E-state index is 0.149. The maximum absolute atomic E-state index is 11.9. The van der Waals surface area contributed by atoms with E-state index in [1.54, 1.807) is 0 Å². The lowest BCUT2D eigenvalue weighted by molar-refractivity contribution is -0.121. The molecule has 0 bridgehead atoms. The van der Waals surface area contributed by atoms with E-state index in [1.807, 2.05) is 0 Å². The molecule has 0 saturated heterocycles. The second-order valence-corrected chi connectivity index (χ2v) is 5.32. The van der Waals surface area contributed by atoms with Crippen molar-refractivity contribution in [3.63, 3.8) is 0 Å². The summed E-state index contributed by atoms with van der Waals surface area (Å²) in [6, 6.07) is 8.51. The highest BCUT2D eigenvalue weighted by Crippen LogP contribution is 2.23. The van der Waals surface area contributed by atoms with E-state index in [0.717, 1.165) is 25.9 Å². The molecule has 112 valence electrons. The highest BCUT2D eigenvalue weighted by atomic mass is 16.1. The summed E-state index contributed by atoms with van der Waals surface area (Å²) in [4.78, 5) is 11.9. The van der Waals surface area contributed by atoms with Gasteiger partial charge in [0.25, 0.3) is 0 Å². The number of aryl methyl sites for hydroxylation is 1. The highest BCUT2D eigenvalue weighted by molar-refractivity contribution is 5.76. The first-order valence-corrected chi connectivity index (χ1v) is 7.71. The SMILES string of the molecule is CCCNCCNC(=O)CC(CC)c1ccc(C)cc1. The van der Waals surface area contributed by atoms with Crippen LogP contribution in [0, 0.1) is 6.92 Å². The maximum atomic E-state index is 11.9. The molecule has 0 saturated carbocycles. The lowest BCUT2D eigenvalue weighted by atomic mass is 9.92. The summed E-state index contributed by atoms with van der Waals surface area (Å²) in [5, 5.41) is 6.27. The van der Waals surface area contributed by atoms with Crippen molar-refractivity contribution in [3.8, 4) is 0 Å². The Hall–Kier alpha value is -1.35. The van der Waals surface area contributed by atoms with Crippen LogP contribution in [0.5, 0.6) is 0 Å². The Balaban J connectivity index is 2.36. The van der Waals surface area contributed by atoms with Crippen LogP contribution >= 0.6 is 0 Å². The van der Waals surface area contributed by atoms with E-state index in [2.05, 4.69) is 55.7 Å². The zero-order chi connectivity index (χ0) is 14.8. The van der Waals surface area contributed by atoms with Crippen LogP contribution in [0.1, 0.15) is 50.2 Å². The third-order valence-corrected chi connectivity index (χ3v) is 3.52. The van der Waals surface area contributed by atoms with Gasteiger partial charge in [-0.2, -0.15) is 0 Å². The standard InChI is InChI=1S/C17H28N2O/c1-4-10-18-11-12-19-17(20)13-15(5-2)16-8-6-14(3)7-9-16/h6-9,15,18H,4-5,10-13H2,1-3H3,(H,19,20). The smallest absolute Gasteiger partial charge is 0.220 e. The third-order valence-electron chi connectivity index (χ3n) is 3.52. The minimum atomic E-state index is 0.149. The van der Waals surface area contributed by atoms with Gasteiger partial charge in [0.2, 0.25) is 5.91 Å². The Morgan fingerprint density at radius 3 is 2.40 bits per heavy atom. The second-order valence-electron chi connectivity index (χ2n) is 5.32. The van der Waals surface area contributed by atoms with Gasteiger partial charge in [-0.05, 0) is 37.8 Å². The molecule has 3 heteroatoms. The van der Waals surface area contributed by atoms with Crippen molar-refractivity contribution in [2.45, 2.75) is 46.0 Å². The zero-order valence-electron chi connectivity index (χ0n) is 13.0. The van der Waals surface area contributed by atoms with Gasteiger partial charge >= 0.3 is 0 Å². The average Bonchev–Trinajstić information content (AvgIpc) is 2.45. The van der Waals surface area contributed by atoms with Gasteiger partial charge in [0.05, 0.1) is 0 Å². The van der Waals surface area contributed by atoms with Gasteiger partial charge in [-0.3, -0.25) is 4.79 Å². The molecule has 2 N–H and O–H groups in total. The third kappa shape index (κ3) is 6.20. The van der Waals surface area contributed by atoms with Crippen LogP contribution in [0.25, 0.3) is 0 Å². The second kappa shape index (κ2) is 9.54. The predicted molar refractivity (Wildman–Crippen MR) is 85.0 cm³/mol.